The highest BCUT2D eigenvalue weighted by Crippen LogP contribution is 2.16. The van der Waals surface area contributed by atoms with Crippen molar-refractivity contribution in [1.82, 2.24) is 9.80 Å². The third-order valence-corrected chi connectivity index (χ3v) is 4.57. The Morgan fingerprint density at radius 3 is 2.32 bits per heavy atom. The SMILES string of the molecule is Cc1ccc(C(=O)CCC(=O)N(C)C2CCN(C)CC2)cc1. The van der Waals surface area contributed by atoms with Crippen molar-refractivity contribution in [2.45, 2.75) is 38.6 Å². The third kappa shape index (κ3) is 4.41. The lowest BCUT2D eigenvalue weighted by atomic mass is 10.0. The van der Waals surface area contributed by atoms with E-state index < -0.39 is 0 Å². The number of hydrogen-bond donors (Lipinski definition) is 0. The first-order valence-electron chi connectivity index (χ1n) is 8.01. The molecule has 22 heavy (non-hydrogen) atoms. The van der Waals surface area contributed by atoms with Crippen LogP contribution in [0.2, 0.25) is 0 Å². The van der Waals surface area contributed by atoms with Crippen LogP contribution in [-0.2, 0) is 4.79 Å². The lowest BCUT2D eigenvalue weighted by Crippen LogP contribution is -2.44. The van der Waals surface area contributed by atoms with Gasteiger partial charge in [0.15, 0.2) is 5.78 Å². The summed E-state index contributed by atoms with van der Waals surface area (Å²) in [5.41, 5.74) is 1.83. The van der Waals surface area contributed by atoms with Gasteiger partial charge >= 0.3 is 0 Å². The standard InChI is InChI=1S/C18H26N2O2/c1-14-4-6-15(7-5-14)17(21)8-9-18(22)20(3)16-10-12-19(2)13-11-16/h4-7,16H,8-13H2,1-3H3. The first kappa shape index (κ1) is 16.7. The Bertz CT molecular complexity index is 516. The van der Waals surface area contributed by atoms with Gasteiger partial charge < -0.3 is 9.80 Å². The predicted molar refractivity (Wildman–Crippen MR) is 88.0 cm³/mol. The van der Waals surface area contributed by atoms with Gasteiger partial charge in [0.25, 0.3) is 0 Å². The summed E-state index contributed by atoms with van der Waals surface area (Å²) in [6, 6.07) is 7.85. The zero-order chi connectivity index (χ0) is 16.1. The topological polar surface area (TPSA) is 40.6 Å². The minimum absolute atomic E-state index is 0.0464. The van der Waals surface area contributed by atoms with Gasteiger partial charge in [0.2, 0.25) is 5.91 Å². The van der Waals surface area contributed by atoms with Crippen LogP contribution in [0, 0.1) is 6.92 Å². The molecule has 4 nitrogen and oxygen atoms in total. The second kappa shape index (κ2) is 7.54. The van der Waals surface area contributed by atoms with Crippen molar-refractivity contribution < 1.29 is 9.59 Å². The van der Waals surface area contributed by atoms with E-state index in [-0.39, 0.29) is 11.7 Å². The molecular formula is C18H26N2O2. The van der Waals surface area contributed by atoms with Crippen molar-refractivity contribution in [3.63, 3.8) is 0 Å². The van der Waals surface area contributed by atoms with E-state index in [9.17, 15) is 9.59 Å². The fraction of sp³-hybridized carbons (Fsp3) is 0.556. The van der Waals surface area contributed by atoms with Gasteiger partial charge in [0, 0.05) is 31.5 Å². The molecule has 0 spiro atoms. The normalized spacial score (nSPS) is 16.5. The highest BCUT2D eigenvalue weighted by molar-refractivity contribution is 5.97. The van der Waals surface area contributed by atoms with Crippen LogP contribution in [0.1, 0.15) is 41.6 Å². The molecule has 2 rings (SSSR count). The van der Waals surface area contributed by atoms with E-state index in [0.29, 0.717) is 24.4 Å². The van der Waals surface area contributed by atoms with Crippen LogP contribution in [0.3, 0.4) is 0 Å². The molecule has 4 heteroatoms. The van der Waals surface area contributed by atoms with Crippen molar-refractivity contribution in [2.24, 2.45) is 0 Å². The van der Waals surface area contributed by atoms with Crippen molar-refractivity contribution in [1.29, 1.82) is 0 Å². The molecule has 0 atom stereocenters. The van der Waals surface area contributed by atoms with Gasteiger partial charge in [-0.1, -0.05) is 29.8 Å². The first-order valence-corrected chi connectivity index (χ1v) is 8.01. The molecular weight excluding hydrogens is 276 g/mol. The van der Waals surface area contributed by atoms with Crippen molar-refractivity contribution in [2.75, 3.05) is 27.2 Å². The van der Waals surface area contributed by atoms with Gasteiger partial charge in [-0.15, -0.1) is 0 Å². The Morgan fingerprint density at radius 2 is 1.73 bits per heavy atom. The minimum atomic E-state index is 0.0464. The van der Waals surface area contributed by atoms with Gasteiger partial charge in [0.1, 0.15) is 0 Å². The molecule has 0 bridgehead atoms. The number of hydrogen-bond acceptors (Lipinski definition) is 3. The number of likely N-dealkylation sites (tertiary alicyclic amines) is 1. The quantitative estimate of drug-likeness (QED) is 0.785. The number of amides is 1. The van der Waals surface area contributed by atoms with Crippen LogP contribution >= 0.6 is 0 Å². The maximum atomic E-state index is 12.3. The van der Waals surface area contributed by atoms with E-state index in [0.717, 1.165) is 31.5 Å². The molecule has 1 fully saturated rings. The fourth-order valence-electron chi connectivity index (χ4n) is 2.87. The molecule has 0 saturated carbocycles. The summed E-state index contributed by atoms with van der Waals surface area (Å²) in [4.78, 5) is 28.5. The summed E-state index contributed by atoms with van der Waals surface area (Å²) in [5.74, 6) is 0.125. The molecule has 0 unspecified atom stereocenters. The summed E-state index contributed by atoms with van der Waals surface area (Å²) in [5, 5.41) is 0. The van der Waals surface area contributed by atoms with E-state index in [1.807, 2.05) is 43.1 Å². The zero-order valence-electron chi connectivity index (χ0n) is 13.8. The van der Waals surface area contributed by atoms with E-state index in [1.165, 1.54) is 0 Å². The summed E-state index contributed by atoms with van der Waals surface area (Å²) in [6.07, 6.45) is 2.63. The van der Waals surface area contributed by atoms with E-state index in [1.54, 1.807) is 0 Å². The van der Waals surface area contributed by atoms with Crippen LogP contribution in [-0.4, -0.2) is 54.7 Å². The molecule has 1 heterocycles. The number of carbonyl (C=O) groups is 2. The van der Waals surface area contributed by atoms with Crippen LogP contribution < -0.4 is 0 Å². The first-order chi connectivity index (χ1) is 10.5. The summed E-state index contributed by atoms with van der Waals surface area (Å²) < 4.78 is 0. The van der Waals surface area contributed by atoms with Gasteiger partial charge in [-0.3, -0.25) is 9.59 Å². The highest BCUT2D eigenvalue weighted by atomic mass is 16.2. The molecule has 1 amide bonds. The van der Waals surface area contributed by atoms with Crippen molar-refractivity contribution >= 4 is 11.7 Å². The van der Waals surface area contributed by atoms with Crippen molar-refractivity contribution in [3.8, 4) is 0 Å². The predicted octanol–water partition coefficient (Wildman–Crippen LogP) is 2.51. The second-order valence-corrected chi connectivity index (χ2v) is 6.33. The summed E-state index contributed by atoms with van der Waals surface area (Å²) >= 11 is 0. The molecule has 0 N–H and O–H groups in total. The number of rotatable bonds is 5. The van der Waals surface area contributed by atoms with Crippen LogP contribution in [0.4, 0.5) is 0 Å². The van der Waals surface area contributed by atoms with Gasteiger partial charge in [0.05, 0.1) is 0 Å². The van der Waals surface area contributed by atoms with Crippen LogP contribution in [0.15, 0.2) is 24.3 Å². The average molecular weight is 302 g/mol. The largest absolute Gasteiger partial charge is 0.343 e. The van der Waals surface area contributed by atoms with Crippen molar-refractivity contribution in [3.05, 3.63) is 35.4 Å². The van der Waals surface area contributed by atoms with Gasteiger partial charge in [-0.2, -0.15) is 0 Å². The van der Waals surface area contributed by atoms with Gasteiger partial charge in [-0.25, -0.2) is 0 Å². The lowest BCUT2D eigenvalue weighted by Gasteiger charge is -2.35. The minimum Gasteiger partial charge on any atom is -0.343 e. The highest BCUT2D eigenvalue weighted by Gasteiger charge is 2.24. The summed E-state index contributed by atoms with van der Waals surface area (Å²) in [6.45, 7) is 4.06. The Morgan fingerprint density at radius 1 is 1.14 bits per heavy atom. The second-order valence-electron chi connectivity index (χ2n) is 6.33. The van der Waals surface area contributed by atoms with Crippen LogP contribution in [0.5, 0.6) is 0 Å². The number of ketones is 1. The molecule has 1 aliphatic rings. The van der Waals surface area contributed by atoms with E-state index in [4.69, 9.17) is 0 Å². The Balaban J connectivity index is 1.81. The molecule has 1 aromatic rings. The third-order valence-electron chi connectivity index (χ3n) is 4.57. The Hall–Kier alpha value is -1.68. The number of carbonyl (C=O) groups excluding carboxylic acids is 2. The number of piperidine rings is 1. The molecule has 1 aliphatic heterocycles. The van der Waals surface area contributed by atoms with Crippen LogP contribution in [0.25, 0.3) is 0 Å². The number of Topliss-reactive ketones (excluding diaryl/α,β-unsaturated/α-hetero) is 1. The molecule has 1 saturated heterocycles. The molecule has 0 aromatic heterocycles. The maximum Gasteiger partial charge on any atom is 0.223 e. The Kier molecular flexibility index (Phi) is 5.72. The molecule has 0 aliphatic carbocycles. The van der Waals surface area contributed by atoms with Gasteiger partial charge in [-0.05, 0) is 39.9 Å². The fourth-order valence-corrected chi connectivity index (χ4v) is 2.87. The maximum absolute atomic E-state index is 12.3. The number of nitrogens with zero attached hydrogens (tertiary/aromatic N) is 2. The number of aryl methyl sites for hydroxylation is 1. The smallest absolute Gasteiger partial charge is 0.223 e. The van der Waals surface area contributed by atoms with E-state index >= 15 is 0 Å². The Labute approximate surface area is 133 Å². The van der Waals surface area contributed by atoms with E-state index in [2.05, 4.69) is 11.9 Å². The number of benzene rings is 1. The summed E-state index contributed by atoms with van der Waals surface area (Å²) in [7, 11) is 3.98. The average Bonchev–Trinajstić information content (AvgIpc) is 2.53. The zero-order valence-corrected chi connectivity index (χ0v) is 13.8. The monoisotopic (exact) mass is 302 g/mol. The molecule has 1 aromatic carbocycles. The molecule has 0 radical (unpaired) electrons. The lowest BCUT2D eigenvalue weighted by molar-refractivity contribution is -0.132. The molecule has 120 valence electrons.